The first kappa shape index (κ1) is 25.3. The molecule has 3 aromatic carbocycles. The number of carbonyl (C=O) groups is 1. The maximum absolute atomic E-state index is 13.9. The normalized spacial score (nSPS) is 13.1. The van der Waals surface area contributed by atoms with Crippen LogP contribution in [-0.2, 0) is 0 Å². The second-order valence-electron chi connectivity index (χ2n) is 9.65. The summed E-state index contributed by atoms with van der Waals surface area (Å²) in [5.41, 5.74) is 1.53. The summed E-state index contributed by atoms with van der Waals surface area (Å²) >= 11 is 0. The summed E-state index contributed by atoms with van der Waals surface area (Å²) in [6.07, 6.45) is 0. The van der Waals surface area contributed by atoms with Gasteiger partial charge in [-0.15, -0.1) is 0 Å². The Kier molecular flexibility index (Phi) is 7.05. The van der Waals surface area contributed by atoms with Gasteiger partial charge in [-0.25, -0.2) is 4.98 Å². The molecule has 1 aromatic heterocycles. The fourth-order valence-electron chi connectivity index (χ4n) is 4.68. The summed E-state index contributed by atoms with van der Waals surface area (Å²) in [5, 5.41) is 0.509. The van der Waals surface area contributed by atoms with Crippen molar-refractivity contribution in [2.75, 3.05) is 19.9 Å². The standard InChI is InChI=1S/C30H31N3O5/c1-5-36-23-13-11-22(12-14-23)33-28(31-25-9-7-6-8-24(25)30(33)35)20(4)32(17-19(2)3)29(34)21-10-15-26-27(16-21)38-18-37-26/h6-16,19-20H,5,17-18H2,1-4H3. The van der Waals surface area contributed by atoms with Crippen LogP contribution in [-0.4, -0.2) is 40.3 Å². The van der Waals surface area contributed by atoms with Gasteiger partial charge >= 0.3 is 0 Å². The van der Waals surface area contributed by atoms with E-state index in [2.05, 4.69) is 13.8 Å². The van der Waals surface area contributed by atoms with Gasteiger partial charge in [0.15, 0.2) is 11.5 Å². The maximum atomic E-state index is 13.9. The van der Waals surface area contributed by atoms with Crippen LogP contribution in [0.2, 0.25) is 0 Å². The number of rotatable bonds is 8. The summed E-state index contributed by atoms with van der Waals surface area (Å²) in [5.74, 6) is 2.36. The minimum Gasteiger partial charge on any atom is -0.494 e. The van der Waals surface area contributed by atoms with E-state index in [4.69, 9.17) is 19.2 Å². The van der Waals surface area contributed by atoms with Crippen LogP contribution in [0, 0.1) is 5.92 Å². The topological polar surface area (TPSA) is 82.9 Å². The van der Waals surface area contributed by atoms with Gasteiger partial charge in [0.1, 0.15) is 11.6 Å². The highest BCUT2D eigenvalue weighted by atomic mass is 16.7. The predicted octanol–water partition coefficient (Wildman–Crippen LogP) is 5.37. The molecule has 1 unspecified atom stereocenters. The van der Waals surface area contributed by atoms with Crippen molar-refractivity contribution >= 4 is 16.8 Å². The molecule has 5 rings (SSSR count). The Labute approximate surface area is 221 Å². The van der Waals surface area contributed by atoms with Crippen molar-refractivity contribution in [3.63, 3.8) is 0 Å². The first-order valence-electron chi connectivity index (χ1n) is 12.8. The largest absolute Gasteiger partial charge is 0.494 e. The van der Waals surface area contributed by atoms with Crippen LogP contribution < -0.4 is 19.8 Å². The number of benzene rings is 3. The molecule has 38 heavy (non-hydrogen) atoms. The molecule has 0 fully saturated rings. The Hall–Kier alpha value is -4.33. The highest BCUT2D eigenvalue weighted by Crippen LogP contribution is 2.34. The van der Waals surface area contributed by atoms with Gasteiger partial charge in [-0.05, 0) is 74.4 Å². The van der Waals surface area contributed by atoms with E-state index in [0.29, 0.717) is 58.4 Å². The van der Waals surface area contributed by atoms with E-state index >= 15 is 0 Å². The van der Waals surface area contributed by atoms with Gasteiger partial charge in [-0.3, -0.25) is 14.2 Å². The number of amides is 1. The lowest BCUT2D eigenvalue weighted by Gasteiger charge is -2.32. The first-order chi connectivity index (χ1) is 18.4. The number of ether oxygens (including phenoxy) is 3. The first-order valence-corrected chi connectivity index (χ1v) is 12.8. The van der Waals surface area contributed by atoms with E-state index in [1.807, 2.05) is 56.3 Å². The highest BCUT2D eigenvalue weighted by Gasteiger charge is 2.29. The fourth-order valence-corrected chi connectivity index (χ4v) is 4.68. The van der Waals surface area contributed by atoms with Crippen LogP contribution in [0.3, 0.4) is 0 Å². The van der Waals surface area contributed by atoms with Crippen molar-refractivity contribution in [2.45, 2.75) is 33.7 Å². The van der Waals surface area contributed by atoms with Gasteiger partial charge in [0.25, 0.3) is 11.5 Å². The van der Waals surface area contributed by atoms with Gasteiger partial charge in [0.2, 0.25) is 6.79 Å². The fraction of sp³-hybridized carbons (Fsp3) is 0.300. The van der Waals surface area contributed by atoms with Gasteiger partial charge in [0, 0.05) is 12.1 Å². The summed E-state index contributed by atoms with van der Waals surface area (Å²) in [6, 6.07) is 19.3. The third-order valence-corrected chi connectivity index (χ3v) is 6.49. The second-order valence-corrected chi connectivity index (χ2v) is 9.65. The van der Waals surface area contributed by atoms with Crippen LogP contribution in [0.4, 0.5) is 0 Å². The molecule has 0 aliphatic carbocycles. The summed E-state index contributed by atoms with van der Waals surface area (Å²) < 4.78 is 18.1. The van der Waals surface area contributed by atoms with Gasteiger partial charge in [-0.1, -0.05) is 26.0 Å². The number of carbonyl (C=O) groups excluding carboxylic acids is 1. The third kappa shape index (κ3) is 4.81. The summed E-state index contributed by atoms with van der Waals surface area (Å²) in [7, 11) is 0. The van der Waals surface area contributed by atoms with Crippen molar-refractivity contribution in [1.82, 2.24) is 14.5 Å². The van der Waals surface area contributed by atoms with E-state index in [1.165, 1.54) is 0 Å². The number of fused-ring (bicyclic) bond motifs is 2. The molecule has 0 radical (unpaired) electrons. The molecule has 1 aliphatic rings. The quantitative estimate of drug-likeness (QED) is 0.315. The molecule has 1 amide bonds. The third-order valence-electron chi connectivity index (χ3n) is 6.49. The molecule has 0 bridgehead atoms. The van der Waals surface area contributed by atoms with Crippen molar-refractivity contribution in [2.24, 2.45) is 5.92 Å². The Morgan fingerprint density at radius 3 is 2.50 bits per heavy atom. The van der Waals surface area contributed by atoms with Gasteiger partial charge < -0.3 is 19.1 Å². The molecule has 0 saturated heterocycles. The zero-order valence-corrected chi connectivity index (χ0v) is 22.0. The molecule has 8 heteroatoms. The van der Waals surface area contributed by atoms with E-state index in [1.54, 1.807) is 33.7 Å². The molecule has 2 heterocycles. The van der Waals surface area contributed by atoms with Crippen LogP contribution in [0.15, 0.2) is 71.5 Å². The molecule has 0 spiro atoms. The van der Waals surface area contributed by atoms with Crippen LogP contribution in [0.1, 0.15) is 49.9 Å². The zero-order valence-electron chi connectivity index (χ0n) is 22.0. The van der Waals surface area contributed by atoms with E-state index in [-0.39, 0.29) is 24.2 Å². The lowest BCUT2D eigenvalue weighted by Crippen LogP contribution is -2.39. The highest BCUT2D eigenvalue weighted by molar-refractivity contribution is 5.95. The average Bonchev–Trinajstić information content (AvgIpc) is 3.40. The molecule has 1 aliphatic heterocycles. The van der Waals surface area contributed by atoms with Crippen molar-refractivity contribution in [3.05, 3.63) is 88.5 Å². The minimum atomic E-state index is -0.515. The van der Waals surface area contributed by atoms with E-state index < -0.39 is 6.04 Å². The van der Waals surface area contributed by atoms with Crippen LogP contribution in [0.25, 0.3) is 16.6 Å². The van der Waals surface area contributed by atoms with Crippen molar-refractivity contribution in [1.29, 1.82) is 0 Å². The molecular formula is C30H31N3O5. The number of nitrogens with zero attached hydrogens (tertiary/aromatic N) is 3. The van der Waals surface area contributed by atoms with Gasteiger partial charge in [-0.2, -0.15) is 0 Å². The molecule has 0 N–H and O–H groups in total. The Balaban J connectivity index is 1.63. The predicted molar refractivity (Wildman–Crippen MR) is 145 cm³/mol. The monoisotopic (exact) mass is 513 g/mol. The minimum absolute atomic E-state index is 0.133. The number of para-hydroxylation sites is 1. The SMILES string of the molecule is CCOc1ccc(-n2c(C(C)N(CC(C)C)C(=O)c3ccc4c(c3)OCO4)nc3ccccc3c2=O)cc1. The zero-order chi connectivity index (χ0) is 26.8. The molecular weight excluding hydrogens is 482 g/mol. The summed E-state index contributed by atoms with van der Waals surface area (Å²) in [4.78, 5) is 34.4. The lowest BCUT2D eigenvalue weighted by molar-refractivity contribution is 0.0654. The number of hydrogen-bond acceptors (Lipinski definition) is 6. The molecule has 1 atom stereocenters. The van der Waals surface area contributed by atoms with Crippen molar-refractivity contribution < 1.29 is 19.0 Å². The van der Waals surface area contributed by atoms with E-state index in [9.17, 15) is 9.59 Å². The van der Waals surface area contributed by atoms with Crippen LogP contribution >= 0.6 is 0 Å². The average molecular weight is 514 g/mol. The van der Waals surface area contributed by atoms with E-state index in [0.717, 1.165) is 0 Å². The number of hydrogen-bond donors (Lipinski definition) is 0. The Morgan fingerprint density at radius 2 is 1.76 bits per heavy atom. The van der Waals surface area contributed by atoms with Crippen molar-refractivity contribution in [3.8, 4) is 22.9 Å². The van der Waals surface area contributed by atoms with Gasteiger partial charge in [0.05, 0.1) is 29.2 Å². The lowest BCUT2D eigenvalue weighted by atomic mass is 10.1. The molecule has 4 aromatic rings. The Morgan fingerprint density at radius 1 is 1.03 bits per heavy atom. The molecule has 0 saturated carbocycles. The Bertz CT molecular complexity index is 1530. The number of aromatic nitrogens is 2. The second kappa shape index (κ2) is 10.6. The smallest absolute Gasteiger partial charge is 0.266 e. The summed E-state index contributed by atoms with van der Waals surface area (Å²) in [6.45, 7) is 9.10. The molecule has 196 valence electrons. The molecule has 8 nitrogen and oxygen atoms in total. The maximum Gasteiger partial charge on any atom is 0.266 e. The van der Waals surface area contributed by atoms with Crippen LogP contribution in [0.5, 0.6) is 17.2 Å².